The van der Waals surface area contributed by atoms with E-state index >= 15 is 4.39 Å². The molecule has 6 nitrogen and oxygen atoms in total. The second-order valence-corrected chi connectivity index (χ2v) is 9.36. The first kappa shape index (κ1) is 22.4. The summed E-state index contributed by atoms with van der Waals surface area (Å²) in [5, 5.41) is 2.61. The van der Waals surface area contributed by atoms with Crippen molar-refractivity contribution in [2.45, 2.75) is 19.3 Å². The third kappa shape index (κ3) is 4.38. The summed E-state index contributed by atoms with van der Waals surface area (Å²) in [6.45, 7) is 1.79. The molecule has 3 heterocycles. The molecular weight excluding hydrogens is 475 g/mol. The fourth-order valence-corrected chi connectivity index (χ4v) is 4.84. The Labute approximate surface area is 204 Å². The van der Waals surface area contributed by atoms with Crippen LogP contribution in [0.1, 0.15) is 34.6 Å². The molecule has 0 N–H and O–H groups in total. The van der Waals surface area contributed by atoms with Crippen LogP contribution in [0.25, 0.3) is 22.7 Å². The number of rotatable bonds is 5. The molecule has 9 heteroatoms. The minimum atomic E-state index is -0.494. The van der Waals surface area contributed by atoms with Gasteiger partial charge >= 0.3 is 0 Å². The first-order valence-corrected chi connectivity index (χ1v) is 12.1. The smallest absolute Gasteiger partial charge is 0.265 e. The number of ketones is 1. The van der Waals surface area contributed by atoms with Crippen LogP contribution in [0.5, 0.6) is 0 Å². The van der Waals surface area contributed by atoms with Crippen molar-refractivity contribution in [1.82, 2.24) is 14.5 Å². The summed E-state index contributed by atoms with van der Waals surface area (Å²) < 4.78 is 16.3. The molecule has 2 aromatic carbocycles. The lowest BCUT2D eigenvalue weighted by Gasteiger charge is -2.29. The van der Waals surface area contributed by atoms with Crippen LogP contribution in [0.3, 0.4) is 0 Å². The number of hydrogen-bond donors (Lipinski definition) is 0. The van der Waals surface area contributed by atoms with Gasteiger partial charge in [-0.15, -0.1) is 11.3 Å². The third-order valence-electron chi connectivity index (χ3n) is 5.84. The van der Waals surface area contributed by atoms with E-state index in [0.717, 1.165) is 47.5 Å². The largest absolute Gasteiger partial charge is 0.371 e. The number of benzene rings is 2. The lowest BCUT2D eigenvalue weighted by molar-refractivity contribution is 0.105. The van der Waals surface area contributed by atoms with Gasteiger partial charge in [0.2, 0.25) is 5.78 Å². The quantitative estimate of drug-likeness (QED) is 0.270. The average Bonchev–Trinajstić information content (AvgIpc) is 3.39. The van der Waals surface area contributed by atoms with Crippen LogP contribution >= 0.6 is 22.9 Å². The summed E-state index contributed by atoms with van der Waals surface area (Å²) in [6, 6.07) is 9.67. The minimum absolute atomic E-state index is 0.0334. The van der Waals surface area contributed by atoms with Gasteiger partial charge in [0, 0.05) is 40.9 Å². The highest BCUT2D eigenvalue weighted by atomic mass is 35.5. The molecule has 0 spiro atoms. The van der Waals surface area contributed by atoms with Crippen LogP contribution in [0, 0.1) is 5.82 Å². The number of anilines is 1. The van der Waals surface area contributed by atoms with Gasteiger partial charge in [-0.1, -0.05) is 11.6 Å². The van der Waals surface area contributed by atoms with Crippen molar-refractivity contribution >= 4 is 57.1 Å². The van der Waals surface area contributed by atoms with E-state index in [9.17, 15) is 9.59 Å². The van der Waals surface area contributed by atoms with Gasteiger partial charge in [0.15, 0.2) is 5.01 Å². The lowest BCUT2D eigenvalue weighted by Crippen LogP contribution is -2.29. The second kappa shape index (κ2) is 9.48. The number of piperidine rings is 1. The molecule has 0 aliphatic carbocycles. The number of fused-ring (bicyclic) bond motifs is 1. The number of thiazole rings is 1. The summed E-state index contributed by atoms with van der Waals surface area (Å²) in [5.41, 5.74) is 0.927. The van der Waals surface area contributed by atoms with E-state index in [-0.39, 0.29) is 16.3 Å². The second-order valence-electron chi connectivity index (χ2n) is 8.03. The van der Waals surface area contributed by atoms with Crippen molar-refractivity contribution < 1.29 is 9.18 Å². The van der Waals surface area contributed by atoms with E-state index in [1.807, 2.05) is 6.07 Å². The fraction of sp³-hybridized carbons (Fsp3) is 0.200. The molecule has 0 saturated carbocycles. The van der Waals surface area contributed by atoms with E-state index in [1.165, 1.54) is 31.1 Å². The zero-order valence-electron chi connectivity index (χ0n) is 18.1. The molecule has 172 valence electrons. The van der Waals surface area contributed by atoms with Gasteiger partial charge in [-0.25, -0.2) is 14.4 Å². The van der Waals surface area contributed by atoms with E-state index in [0.29, 0.717) is 15.9 Å². The number of nitrogens with zero attached hydrogens (tertiary/aromatic N) is 4. The zero-order chi connectivity index (χ0) is 23.7. The van der Waals surface area contributed by atoms with Gasteiger partial charge in [0.1, 0.15) is 17.8 Å². The number of carbonyl (C=O) groups excluding carboxylic acids is 1. The van der Waals surface area contributed by atoms with Crippen molar-refractivity contribution in [2.75, 3.05) is 18.0 Å². The predicted octanol–water partition coefficient (Wildman–Crippen LogP) is 5.52. The molecule has 5 rings (SSSR count). The summed E-state index contributed by atoms with van der Waals surface area (Å²) in [4.78, 5) is 37.1. The number of allylic oxidation sites excluding steroid dienone is 1. The number of halogens is 2. The number of aromatic nitrogens is 3. The first-order chi connectivity index (χ1) is 16.5. The van der Waals surface area contributed by atoms with E-state index in [4.69, 9.17) is 11.6 Å². The average molecular weight is 495 g/mol. The van der Waals surface area contributed by atoms with Crippen molar-refractivity contribution in [1.29, 1.82) is 0 Å². The fourth-order valence-electron chi connectivity index (χ4n) is 4.09. The van der Waals surface area contributed by atoms with Crippen LogP contribution in [0.4, 0.5) is 10.1 Å². The molecular formula is C25H20ClFN4O2S. The maximum absolute atomic E-state index is 15.2. The van der Waals surface area contributed by atoms with Crippen LogP contribution in [-0.2, 0) is 0 Å². The van der Waals surface area contributed by atoms with Gasteiger partial charge in [0.25, 0.3) is 5.56 Å². The Balaban J connectivity index is 1.62. The Bertz CT molecular complexity index is 1460. The monoisotopic (exact) mass is 494 g/mol. The molecule has 0 radical (unpaired) electrons. The SMILES string of the molecule is O=C(/C(=C/c1ccc(N2CCCCC2)cc1F)n1cnc2cc(Cl)ccc2c1=O)c1nccs1. The maximum atomic E-state index is 15.2. The van der Waals surface area contributed by atoms with Crippen LogP contribution in [0.2, 0.25) is 5.02 Å². The van der Waals surface area contributed by atoms with Gasteiger partial charge in [-0.3, -0.25) is 14.2 Å². The Kier molecular flexibility index (Phi) is 6.26. The van der Waals surface area contributed by atoms with E-state index < -0.39 is 17.2 Å². The topological polar surface area (TPSA) is 68.1 Å². The van der Waals surface area contributed by atoms with E-state index in [2.05, 4.69) is 14.9 Å². The Morgan fingerprint density at radius 3 is 2.65 bits per heavy atom. The molecule has 0 bridgehead atoms. The van der Waals surface area contributed by atoms with Crippen molar-refractivity contribution in [3.8, 4) is 0 Å². The highest BCUT2D eigenvalue weighted by Gasteiger charge is 2.21. The van der Waals surface area contributed by atoms with Crippen molar-refractivity contribution in [3.05, 3.63) is 86.1 Å². The molecule has 34 heavy (non-hydrogen) atoms. The Morgan fingerprint density at radius 2 is 1.91 bits per heavy atom. The predicted molar refractivity (Wildman–Crippen MR) is 134 cm³/mol. The summed E-state index contributed by atoms with van der Waals surface area (Å²) in [5.74, 6) is -0.965. The van der Waals surface area contributed by atoms with Crippen molar-refractivity contribution in [3.63, 3.8) is 0 Å². The first-order valence-electron chi connectivity index (χ1n) is 10.9. The molecule has 0 unspecified atom stereocenters. The molecule has 1 aliphatic rings. The van der Waals surface area contributed by atoms with Gasteiger partial charge in [-0.05, 0) is 61.7 Å². The Morgan fingerprint density at radius 1 is 1.09 bits per heavy atom. The summed E-state index contributed by atoms with van der Waals surface area (Å²) >= 11 is 7.16. The summed E-state index contributed by atoms with van der Waals surface area (Å²) in [6.07, 6.45) is 7.50. The van der Waals surface area contributed by atoms with Crippen LogP contribution in [0.15, 0.2) is 59.1 Å². The highest BCUT2D eigenvalue weighted by molar-refractivity contribution is 7.12. The normalized spacial score (nSPS) is 14.5. The Hall–Kier alpha value is -3.36. The van der Waals surface area contributed by atoms with E-state index in [1.54, 1.807) is 29.6 Å². The van der Waals surface area contributed by atoms with Gasteiger partial charge < -0.3 is 4.90 Å². The minimum Gasteiger partial charge on any atom is -0.371 e. The highest BCUT2D eigenvalue weighted by Crippen LogP contribution is 2.25. The number of carbonyl (C=O) groups is 1. The third-order valence-corrected chi connectivity index (χ3v) is 6.84. The van der Waals surface area contributed by atoms with Gasteiger partial charge in [0.05, 0.1) is 10.9 Å². The molecule has 0 atom stereocenters. The number of hydrogen-bond acceptors (Lipinski definition) is 6. The zero-order valence-corrected chi connectivity index (χ0v) is 19.7. The molecule has 1 fully saturated rings. The summed E-state index contributed by atoms with van der Waals surface area (Å²) in [7, 11) is 0. The van der Waals surface area contributed by atoms with Gasteiger partial charge in [-0.2, -0.15) is 0 Å². The standard InChI is InChI=1S/C25H20ClFN4O2S/c26-17-5-7-19-21(13-17)29-15-31(25(19)33)22(23(32)24-28-8-11-34-24)12-16-4-6-18(14-20(16)27)30-9-2-1-3-10-30/h4-8,11-15H,1-3,9-10H2/b22-12-. The maximum Gasteiger partial charge on any atom is 0.265 e. The molecule has 4 aromatic rings. The van der Waals surface area contributed by atoms with Crippen LogP contribution < -0.4 is 10.5 Å². The van der Waals surface area contributed by atoms with Crippen molar-refractivity contribution in [2.24, 2.45) is 0 Å². The van der Waals surface area contributed by atoms with Crippen LogP contribution in [-0.4, -0.2) is 33.4 Å². The molecule has 0 amide bonds. The molecule has 1 saturated heterocycles. The number of Topliss-reactive ketones (excluding diaryl/α,β-unsaturated/α-hetero) is 1. The molecule has 2 aromatic heterocycles. The lowest BCUT2D eigenvalue weighted by atomic mass is 10.1. The molecule has 1 aliphatic heterocycles.